The van der Waals surface area contributed by atoms with Crippen molar-refractivity contribution >= 4 is 11.9 Å². The molecule has 6 nitrogen and oxygen atoms in total. The van der Waals surface area contributed by atoms with Gasteiger partial charge in [-0.25, -0.2) is 0 Å². The van der Waals surface area contributed by atoms with Gasteiger partial charge in [0.25, 0.3) is 0 Å². The number of carbonyl (C=O) groups excluding carboxylic acids is 2. The van der Waals surface area contributed by atoms with Crippen molar-refractivity contribution < 1.29 is 24.5 Å². The summed E-state index contributed by atoms with van der Waals surface area (Å²) in [5.41, 5.74) is 0. The fourth-order valence-corrected chi connectivity index (χ4v) is 14.0. The van der Waals surface area contributed by atoms with Crippen LogP contribution >= 0.6 is 0 Å². The first kappa shape index (κ1) is 93.1. The molecule has 0 heterocycles. The Labute approximate surface area is 595 Å². The van der Waals surface area contributed by atoms with Crippen molar-refractivity contribution in [3.05, 3.63) is 36.5 Å². The summed E-state index contributed by atoms with van der Waals surface area (Å²) in [6, 6.07) is -0.627. The summed E-state index contributed by atoms with van der Waals surface area (Å²) in [5.74, 6) is -0.0346. The summed E-state index contributed by atoms with van der Waals surface area (Å²) < 4.78 is 5.52. The molecule has 0 saturated carbocycles. The number of esters is 1. The summed E-state index contributed by atoms with van der Waals surface area (Å²) in [6.45, 7) is 4.97. The number of hydrogen-bond donors (Lipinski definition) is 3. The Morgan fingerprint density at radius 3 is 0.800 bits per heavy atom. The third-order valence-electron chi connectivity index (χ3n) is 20.7. The van der Waals surface area contributed by atoms with Gasteiger partial charge in [-0.05, 0) is 64.2 Å². The largest absolute Gasteiger partial charge is 0.466 e. The van der Waals surface area contributed by atoms with E-state index >= 15 is 0 Å². The number of amides is 1. The van der Waals surface area contributed by atoms with Crippen LogP contribution in [0.1, 0.15) is 495 Å². The monoisotopic (exact) mass is 1330 g/mol. The van der Waals surface area contributed by atoms with Crippen molar-refractivity contribution in [1.82, 2.24) is 5.32 Å². The minimum atomic E-state index is -0.844. The average molecular weight is 1340 g/mol. The predicted octanol–water partition coefficient (Wildman–Crippen LogP) is 29.3. The highest BCUT2D eigenvalue weighted by molar-refractivity contribution is 5.76. The zero-order valence-corrected chi connectivity index (χ0v) is 64.7. The van der Waals surface area contributed by atoms with Crippen LogP contribution in [0.3, 0.4) is 0 Å². The standard InChI is InChI=1S/C89H171NO5/c1-3-5-7-9-11-13-15-17-19-21-22-23-43-46-50-53-57-61-65-69-73-77-81-87(92)86(85-91)90-88(93)82-78-74-70-66-62-58-54-51-47-44-41-39-37-35-33-31-29-27-25-24-26-28-30-32-34-36-38-40-42-45-48-52-56-60-64-68-72-76-80-84-95-89(94)83-79-75-71-67-63-59-55-49-20-18-16-14-12-10-8-6-4-2/h24-25,28,30,77,81,86-87,91-92H,3-23,26-27,29,31-76,78-80,82-85H2,1-2H3,(H,90,93)/b25-24-,30-28-,81-77+. The van der Waals surface area contributed by atoms with Gasteiger partial charge >= 0.3 is 5.97 Å². The van der Waals surface area contributed by atoms with Gasteiger partial charge in [-0.2, -0.15) is 0 Å². The van der Waals surface area contributed by atoms with E-state index < -0.39 is 12.1 Å². The van der Waals surface area contributed by atoms with Crippen molar-refractivity contribution in [2.75, 3.05) is 13.2 Å². The van der Waals surface area contributed by atoms with Crippen LogP contribution in [-0.2, 0) is 14.3 Å². The van der Waals surface area contributed by atoms with E-state index in [0.717, 1.165) is 44.9 Å². The van der Waals surface area contributed by atoms with E-state index in [1.165, 1.54) is 424 Å². The van der Waals surface area contributed by atoms with Gasteiger partial charge in [0.15, 0.2) is 0 Å². The fourth-order valence-electron chi connectivity index (χ4n) is 14.0. The first-order valence-corrected chi connectivity index (χ1v) is 43.8. The maximum absolute atomic E-state index is 12.6. The molecule has 1 amide bonds. The number of allylic oxidation sites excluding steroid dienone is 5. The van der Waals surface area contributed by atoms with Gasteiger partial charge in [0.1, 0.15) is 0 Å². The van der Waals surface area contributed by atoms with Crippen LogP contribution in [0.15, 0.2) is 36.5 Å². The number of aliphatic hydroxyl groups is 2. The Hall–Kier alpha value is -1.92. The van der Waals surface area contributed by atoms with Crippen molar-refractivity contribution in [3.63, 3.8) is 0 Å². The quantitative estimate of drug-likeness (QED) is 0.0320. The number of aliphatic hydroxyl groups excluding tert-OH is 2. The molecule has 2 unspecified atom stereocenters. The Kier molecular flexibility index (Phi) is 82.8. The molecule has 0 rings (SSSR count). The maximum Gasteiger partial charge on any atom is 0.305 e. The van der Waals surface area contributed by atoms with Crippen LogP contribution in [0.4, 0.5) is 0 Å². The zero-order chi connectivity index (χ0) is 68.4. The molecule has 0 saturated heterocycles. The molecule has 0 fully saturated rings. The molecular weight excluding hydrogens is 1160 g/mol. The van der Waals surface area contributed by atoms with E-state index in [4.69, 9.17) is 4.74 Å². The molecule has 0 aliphatic heterocycles. The van der Waals surface area contributed by atoms with E-state index in [-0.39, 0.29) is 18.5 Å². The van der Waals surface area contributed by atoms with Crippen LogP contribution < -0.4 is 5.32 Å². The second-order valence-corrected chi connectivity index (χ2v) is 30.2. The Bertz CT molecular complexity index is 1540. The number of unbranched alkanes of at least 4 members (excludes halogenated alkanes) is 68. The van der Waals surface area contributed by atoms with Gasteiger partial charge < -0.3 is 20.3 Å². The molecule has 0 aromatic heterocycles. The third kappa shape index (κ3) is 80.9. The molecule has 0 aromatic carbocycles. The lowest BCUT2D eigenvalue weighted by Gasteiger charge is -2.20. The van der Waals surface area contributed by atoms with E-state index in [1.807, 2.05) is 6.08 Å². The maximum atomic E-state index is 12.6. The molecule has 0 aliphatic carbocycles. The molecule has 95 heavy (non-hydrogen) atoms. The summed E-state index contributed by atoms with van der Waals surface area (Å²) >= 11 is 0. The number of carbonyl (C=O) groups is 2. The number of ether oxygens (including phenoxy) is 1. The fraction of sp³-hybridized carbons (Fsp3) is 0.910. The number of hydrogen-bond acceptors (Lipinski definition) is 5. The SMILES string of the molecule is CCCCCCCCCCCCCCCCCCCCCC/C=C/C(O)C(CO)NC(=O)CCCCCCCCCCCCCCCCCCC/C=C\C/C=C\CCCCCCCCCCCCCCCCCOC(=O)CCCCCCCCCCCCCCCCCCC. The highest BCUT2D eigenvalue weighted by atomic mass is 16.5. The molecule has 0 spiro atoms. The molecule has 0 aromatic rings. The Morgan fingerprint density at radius 2 is 0.526 bits per heavy atom. The lowest BCUT2D eigenvalue weighted by Crippen LogP contribution is -2.45. The summed E-state index contributed by atoms with van der Waals surface area (Å²) in [6.07, 6.45) is 112. The number of rotatable bonds is 83. The van der Waals surface area contributed by atoms with Crippen LogP contribution in [-0.4, -0.2) is 47.4 Å². The van der Waals surface area contributed by atoms with Crippen molar-refractivity contribution in [2.45, 2.75) is 508 Å². The van der Waals surface area contributed by atoms with Crippen LogP contribution in [0.5, 0.6) is 0 Å². The van der Waals surface area contributed by atoms with Crippen LogP contribution in [0, 0.1) is 0 Å². The zero-order valence-electron chi connectivity index (χ0n) is 64.7. The highest BCUT2D eigenvalue weighted by Crippen LogP contribution is 2.21. The predicted molar refractivity (Wildman–Crippen MR) is 421 cm³/mol. The molecule has 6 heteroatoms. The molecular formula is C89H171NO5. The van der Waals surface area contributed by atoms with Crippen LogP contribution in [0.2, 0.25) is 0 Å². The van der Waals surface area contributed by atoms with E-state index in [9.17, 15) is 19.8 Å². The average Bonchev–Trinajstić information content (AvgIpc) is 2.82. The summed E-state index contributed by atoms with van der Waals surface area (Å²) in [5, 5.41) is 23.3. The van der Waals surface area contributed by atoms with Crippen LogP contribution in [0.25, 0.3) is 0 Å². The summed E-state index contributed by atoms with van der Waals surface area (Å²) in [4.78, 5) is 24.7. The smallest absolute Gasteiger partial charge is 0.305 e. The van der Waals surface area contributed by atoms with Crippen molar-refractivity contribution in [1.29, 1.82) is 0 Å². The second kappa shape index (κ2) is 84.5. The van der Waals surface area contributed by atoms with Crippen molar-refractivity contribution in [3.8, 4) is 0 Å². The highest BCUT2D eigenvalue weighted by Gasteiger charge is 2.18. The van der Waals surface area contributed by atoms with Gasteiger partial charge in [0, 0.05) is 12.8 Å². The number of nitrogens with one attached hydrogen (secondary N) is 1. The van der Waals surface area contributed by atoms with Gasteiger partial charge in [0.05, 0.1) is 25.4 Å². The molecule has 0 aliphatic rings. The minimum absolute atomic E-state index is 0.0251. The normalized spacial score (nSPS) is 12.6. The lowest BCUT2D eigenvalue weighted by atomic mass is 10.0. The van der Waals surface area contributed by atoms with Gasteiger partial charge in [-0.3, -0.25) is 9.59 Å². The topological polar surface area (TPSA) is 95.9 Å². The van der Waals surface area contributed by atoms with Gasteiger partial charge in [-0.15, -0.1) is 0 Å². The minimum Gasteiger partial charge on any atom is -0.466 e. The molecule has 562 valence electrons. The molecule has 0 radical (unpaired) electrons. The second-order valence-electron chi connectivity index (χ2n) is 30.2. The van der Waals surface area contributed by atoms with Gasteiger partial charge in [0.2, 0.25) is 5.91 Å². The first-order chi connectivity index (χ1) is 47.0. The Balaban J connectivity index is 3.36. The lowest BCUT2D eigenvalue weighted by molar-refractivity contribution is -0.143. The van der Waals surface area contributed by atoms with E-state index in [2.05, 4.69) is 43.5 Å². The molecule has 0 bridgehead atoms. The third-order valence-corrected chi connectivity index (χ3v) is 20.7. The molecule has 3 N–H and O–H groups in total. The first-order valence-electron chi connectivity index (χ1n) is 43.8. The Morgan fingerprint density at radius 1 is 0.295 bits per heavy atom. The van der Waals surface area contributed by atoms with Crippen molar-refractivity contribution in [2.24, 2.45) is 0 Å². The summed E-state index contributed by atoms with van der Waals surface area (Å²) in [7, 11) is 0. The van der Waals surface area contributed by atoms with E-state index in [1.54, 1.807) is 6.08 Å². The van der Waals surface area contributed by atoms with E-state index in [0.29, 0.717) is 19.4 Å². The molecule has 2 atom stereocenters. The van der Waals surface area contributed by atoms with Gasteiger partial charge in [-0.1, -0.05) is 455 Å².